The highest BCUT2D eigenvalue weighted by molar-refractivity contribution is 9.10. The Bertz CT molecular complexity index is 604. The number of hydrogen-bond donors (Lipinski definition) is 0. The van der Waals surface area contributed by atoms with E-state index in [-0.39, 0.29) is 12.4 Å². The molecule has 98 valence electrons. The third-order valence-electron chi connectivity index (χ3n) is 2.44. The van der Waals surface area contributed by atoms with Gasteiger partial charge in [-0.25, -0.2) is 0 Å². The molecule has 2 aromatic carbocycles. The van der Waals surface area contributed by atoms with E-state index in [1.807, 2.05) is 30.3 Å². The summed E-state index contributed by atoms with van der Waals surface area (Å²) in [7, 11) is 0. The Morgan fingerprint density at radius 1 is 1.26 bits per heavy atom. The van der Waals surface area contributed by atoms with Crippen molar-refractivity contribution in [2.24, 2.45) is 0 Å². The molecule has 6 heteroatoms. The van der Waals surface area contributed by atoms with Crippen LogP contribution in [0.15, 0.2) is 46.9 Å². The zero-order chi connectivity index (χ0) is 13.8. The van der Waals surface area contributed by atoms with Gasteiger partial charge in [0.05, 0.1) is 9.40 Å². The molecule has 19 heavy (non-hydrogen) atoms. The van der Waals surface area contributed by atoms with Gasteiger partial charge in [-0.2, -0.15) is 4.39 Å². The van der Waals surface area contributed by atoms with E-state index in [1.165, 1.54) is 0 Å². The first-order valence-electron chi connectivity index (χ1n) is 5.38. The first kappa shape index (κ1) is 13.5. The maximum Gasteiger partial charge on any atom is 0.306 e. The van der Waals surface area contributed by atoms with Crippen LogP contribution < -0.4 is 4.74 Å². The second kappa shape index (κ2) is 5.79. The molecule has 0 N–H and O–H groups in total. The number of rotatable bonds is 4. The van der Waals surface area contributed by atoms with E-state index in [4.69, 9.17) is 4.74 Å². The molecule has 0 radical (unpaired) electrons. The van der Waals surface area contributed by atoms with E-state index < -0.39 is 16.4 Å². The van der Waals surface area contributed by atoms with Gasteiger partial charge in [0.1, 0.15) is 12.4 Å². The lowest BCUT2D eigenvalue weighted by Crippen LogP contribution is -1.98. The first-order chi connectivity index (χ1) is 9.08. The van der Waals surface area contributed by atoms with E-state index in [9.17, 15) is 14.5 Å². The van der Waals surface area contributed by atoms with Crippen molar-refractivity contribution in [1.82, 2.24) is 0 Å². The van der Waals surface area contributed by atoms with E-state index in [0.29, 0.717) is 4.47 Å². The Hall–Kier alpha value is -1.95. The second-order valence-electron chi connectivity index (χ2n) is 3.77. The van der Waals surface area contributed by atoms with Crippen LogP contribution in [0.1, 0.15) is 5.56 Å². The van der Waals surface area contributed by atoms with Crippen molar-refractivity contribution < 1.29 is 14.1 Å². The van der Waals surface area contributed by atoms with Gasteiger partial charge in [-0.1, -0.05) is 30.3 Å². The number of ether oxygens (including phenoxy) is 1. The summed E-state index contributed by atoms with van der Waals surface area (Å²) in [5.41, 5.74) is 0.340. The molecule has 0 spiro atoms. The van der Waals surface area contributed by atoms with Crippen LogP contribution in [0, 0.1) is 15.9 Å². The van der Waals surface area contributed by atoms with Crippen LogP contribution in [0.4, 0.5) is 10.1 Å². The first-order valence-corrected chi connectivity index (χ1v) is 6.17. The Balaban J connectivity index is 2.17. The lowest BCUT2D eigenvalue weighted by molar-refractivity contribution is -0.387. The fourth-order valence-electron chi connectivity index (χ4n) is 1.50. The van der Waals surface area contributed by atoms with Crippen molar-refractivity contribution in [3.63, 3.8) is 0 Å². The van der Waals surface area contributed by atoms with Crippen LogP contribution in [0.3, 0.4) is 0 Å². The number of benzene rings is 2. The maximum absolute atomic E-state index is 13.5. The molecular weight excluding hydrogens is 317 g/mol. The largest absolute Gasteiger partial charge is 0.488 e. The molecule has 0 saturated heterocycles. The van der Waals surface area contributed by atoms with Crippen molar-refractivity contribution in [1.29, 1.82) is 0 Å². The van der Waals surface area contributed by atoms with Gasteiger partial charge in [0.25, 0.3) is 0 Å². The zero-order valence-electron chi connectivity index (χ0n) is 9.68. The van der Waals surface area contributed by atoms with E-state index in [1.54, 1.807) is 0 Å². The summed E-state index contributed by atoms with van der Waals surface area (Å²) in [5, 5.41) is 10.6. The monoisotopic (exact) mass is 325 g/mol. The fourth-order valence-corrected chi connectivity index (χ4v) is 1.95. The molecular formula is C13H9BrFNO3. The molecule has 0 atom stereocenters. The molecule has 2 rings (SSSR count). The number of nitro groups is 1. The summed E-state index contributed by atoms with van der Waals surface area (Å²) >= 11 is 3.13. The highest BCUT2D eigenvalue weighted by Gasteiger charge is 2.18. The highest BCUT2D eigenvalue weighted by atomic mass is 79.9. The van der Waals surface area contributed by atoms with Gasteiger partial charge in [-0.05, 0) is 21.5 Å². The van der Waals surface area contributed by atoms with E-state index in [0.717, 1.165) is 17.7 Å². The quantitative estimate of drug-likeness (QED) is 0.628. The summed E-state index contributed by atoms with van der Waals surface area (Å²) in [6, 6.07) is 11.4. The van der Waals surface area contributed by atoms with Crippen LogP contribution in [0.2, 0.25) is 0 Å². The Labute approximate surface area is 117 Å². The minimum Gasteiger partial charge on any atom is -0.488 e. The molecule has 2 aromatic rings. The Morgan fingerprint density at radius 2 is 1.95 bits per heavy atom. The minimum absolute atomic E-state index is 0.229. The summed E-state index contributed by atoms with van der Waals surface area (Å²) in [6.45, 7) is 0.261. The molecule has 4 nitrogen and oxygen atoms in total. The summed E-state index contributed by atoms with van der Waals surface area (Å²) in [6.07, 6.45) is 0. The molecule has 0 aliphatic rings. The van der Waals surface area contributed by atoms with Crippen LogP contribution in [-0.2, 0) is 6.61 Å². The third-order valence-corrected chi connectivity index (χ3v) is 3.05. The van der Waals surface area contributed by atoms with Gasteiger partial charge < -0.3 is 4.74 Å². The number of halogens is 2. The molecule has 0 heterocycles. The highest BCUT2D eigenvalue weighted by Crippen LogP contribution is 2.32. The SMILES string of the molecule is O=[N+]([O-])c1cc(Br)c(OCc2ccccc2)cc1F. The number of nitrogens with zero attached hydrogens (tertiary/aromatic N) is 1. The van der Waals surface area contributed by atoms with Gasteiger partial charge >= 0.3 is 5.69 Å². The minimum atomic E-state index is -0.920. The Kier molecular flexibility index (Phi) is 4.11. The predicted molar refractivity (Wildman–Crippen MR) is 71.5 cm³/mol. The van der Waals surface area contributed by atoms with Gasteiger partial charge in [0.2, 0.25) is 5.82 Å². The van der Waals surface area contributed by atoms with Gasteiger partial charge in [0.15, 0.2) is 0 Å². The standard InChI is InChI=1S/C13H9BrFNO3/c14-10-6-12(16(17)18)11(15)7-13(10)19-8-9-4-2-1-3-5-9/h1-7H,8H2. The van der Waals surface area contributed by atoms with Crippen molar-refractivity contribution in [2.75, 3.05) is 0 Å². The molecule has 0 saturated carbocycles. The second-order valence-corrected chi connectivity index (χ2v) is 4.62. The van der Waals surface area contributed by atoms with Crippen LogP contribution in [0.25, 0.3) is 0 Å². The zero-order valence-corrected chi connectivity index (χ0v) is 11.3. The van der Waals surface area contributed by atoms with Crippen LogP contribution >= 0.6 is 15.9 Å². The molecule has 0 bridgehead atoms. The summed E-state index contributed by atoms with van der Waals surface area (Å²) < 4.78 is 19.2. The predicted octanol–water partition coefficient (Wildman–Crippen LogP) is 4.08. The van der Waals surface area contributed by atoms with E-state index >= 15 is 0 Å². The molecule has 0 aromatic heterocycles. The van der Waals surface area contributed by atoms with Gasteiger partial charge in [-0.3, -0.25) is 10.1 Å². The normalized spacial score (nSPS) is 10.2. The lowest BCUT2D eigenvalue weighted by atomic mass is 10.2. The molecule has 0 aliphatic carbocycles. The van der Waals surface area contributed by atoms with Gasteiger partial charge in [0, 0.05) is 12.1 Å². The fraction of sp³-hybridized carbons (Fsp3) is 0.0769. The van der Waals surface area contributed by atoms with Crippen molar-refractivity contribution in [3.8, 4) is 5.75 Å². The molecule has 0 amide bonds. The molecule has 0 unspecified atom stereocenters. The average Bonchev–Trinajstić information content (AvgIpc) is 2.40. The lowest BCUT2D eigenvalue weighted by Gasteiger charge is -2.08. The van der Waals surface area contributed by atoms with E-state index in [2.05, 4.69) is 15.9 Å². The van der Waals surface area contributed by atoms with Crippen LogP contribution in [0.5, 0.6) is 5.75 Å². The van der Waals surface area contributed by atoms with Crippen LogP contribution in [-0.4, -0.2) is 4.92 Å². The summed E-state index contributed by atoms with van der Waals surface area (Å²) in [5.74, 6) is -0.691. The third kappa shape index (κ3) is 3.29. The maximum atomic E-state index is 13.5. The van der Waals surface area contributed by atoms with Crippen molar-refractivity contribution in [3.05, 3.63) is 68.4 Å². The van der Waals surface area contributed by atoms with Crippen molar-refractivity contribution in [2.45, 2.75) is 6.61 Å². The Morgan fingerprint density at radius 3 is 2.58 bits per heavy atom. The average molecular weight is 326 g/mol. The molecule has 0 fully saturated rings. The summed E-state index contributed by atoms with van der Waals surface area (Å²) in [4.78, 5) is 9.79. The number of hydrogen-bond acceptors (Lipinski definition) is 3. The smallest absolute Gasteiger partial charge is 0.306 e. The number of nitro benzene ring substituents is 1. The van der Waals surface area contributed by atoms with Crippen molar-refractivity contribution >= 4 is 21.6 Å². The molecule has 0 aliphatic heterocycles. The van der Waals surface area contributed by atoms with Gasteiger partial charge in [-0.15, -0.1) is 0 Å². The topological polar surface area (TPSA) is 52.4 Å².